The molecule has 3 N–H and O–H groups in total. The van der Waals surface area contributed by atoms with Crippen molar-refractivity contribution in [3.8, 4) is 6.07 Å². The van der Waals surface area contributed by atoms with Gasteiger partial charge in [0.15, 0.2) is 5.82 Å². The zero-order valence-electron chi connectivity index (χ0n) is 10.2. The van der Waals surface area contributed by atoms with E-state index in [1.807, 2.05) is 0 Å². The largest absolute Gasteiger partial charge is 0.395 e. The Balaban J connectivity index is 2.03. The number of pyridine rings is 1. The first kappa shape index (κ1) is 11.7. The van der Waals surface area contributed by atoms with Crippen molar-refractivity contribution in [1.82, 2.24) is 4.98 Å². The van der Waals surface area contributed by atoms with E-state index in [1.54, 1.807) is 12.3 Å². The maximum atomic E-state index is 8.88. The highest BCUT2D eigenvalue weighted by atomic mass is 15.0. The van der Waals surface area contributed by atoms with Crippen molar-refractivity contribution in [3.63, 3.8) is 0 Å². The standard InChI is InChI=1S/C13H18N4/c1-2-4-13(5-6-13)9-17-12-11(15)10(8-14)3-7-16-12/h3,7H,2,4-6,9,15H2,1H3,(H,16,17). The number of anilines is 2. The smallest absolute Gasteiger partial charge is 0.150 e. The summed E-state index contributed by atoms with van der Waals surface area (Å²) in [6.07, 6.45) is 6.65. The molecule has 1 aromatic rings. The molecule has 0 aromatic carbocycles. The molecule has 4 heteroatoms. The van der Waals surface area contributed by atoms with Gasteiger partial charge >= 0.3 is 0 Å². The van der Waals surface area contributed by atoms with Crippen molar-refractivity contribution in [2.24, 2.45) is 5.41 Å². The Hall–Kier alpha value is -1.76. The van der Waals surface area contributed by atoms with E-state index in [1.165, 1.54) is 25.7 Å². The molecule has 2 rings (SSSR count). The average Bonchev–Trinajstić information content (AvgIpc) is 3.09. The zero-order chi connectivity index (χ0) is 12.3. The Bertz CT molecular complexity index is 443. The lowest BCUT2D eigenvalue weighted by Crippen LogP contribution is -2.17. The van der Waals surface area contributed by atoms with Crippen molar-refractivity contribution in [1.29, 1.82) is 5.26 Å². The highest BCUT2D eigenvalue weighted by Crippen LogP contribution is 2.49. The van der Waals surface area contributed by atoms with Gasteiger partial charge in [-0.3, -0.25) is 0 Å². The fourth-order valence-electron chi connectivity index (χ4n) is 2.21. The van der Waals surface area contributed by atoms with Crippen molar-refractivity contribution >= 4 is 11.5 Å². The Morgan fingerprint density at radius 2 is 2.35 bits per heavy atom. The first-order valence-electron chi connectivity index (χ1n) is 6.09. The molecule has 0 amide bonds. The van der Waals surface area contributed by atoms with Crippen LogP contribution >= 0.6 is 0 Å². The molecule has 1 heterocycles. The zero-order valence-corrected chi connectivity index (χ0v) is 10.2. The van der Waals surface area contributed by atoms with Crippen molar-refractivity contribution in [2.75, 3.05) is 17.6 Å². The van der Waals surface area contributed by atoms with Crippen LogP contribution in [-0.2, 0) is 0 Å². The molecule has 1 aliphatic carbocycles. The third-order valence-electron chi connectivity index (χ3n) is 3.48. The molecule has 0 saturated heterocycles. The molecular formula is C13H18N4. The fraction of sp³-hybridized carbons (Fsp3) is 0.538. The van der Waals surface area contributed by atoms with Crippen LogP contribution < -0.4 is 11.1 Å². The van der Waals surface area contributed by atoms with Gasteiger partial charge in [0.25, 0.3) is 0 Å². The van der Waals surface area contributed by atoms with E-state index in [4.69, 9.17) is 11.0 Å². The van der Waals surface area contributed by atoms with Crippen LogP contribution in [-0.4, -0.2) is 11.5 Å². The van der Waals surface area contributed by atoms with Crippen LogP contribution in [0.1, 0.15) is 38.2 Å². The fourth-order valence-corrected chi connectivity index (χ4v) is 2.21. The van der Waals surface area contributed by atoms with Gasteiger partial charge in [0.2, 0.25) is 0 Å². The molecule has 4 nitrogen and oxygen atoms in total. The second-order valence-electron chi connectivity index (χ2n) is 4.84. The van der Waals surface area contributed by atoms with Gasteiger partial charge in [0.05, 0.1) is 11.3 Å². The number of hydrogen-bond acceptors (Lipinski definition) is 4. The number of nitrogen functional groups attached to an aromatic ring is 1. The summed E-state index contributed by atoms with van der Waals surface area (Å²) in [5, 5.41) is 12.2. The molecule has 0 unspecified atom stereocenters. The van der Waals surface area contributed by atoms with Crippen LogP contribution in [0.3, 0.4) is 0 Å². The van der Waals surface area contributed by atoms with Gasteiger partial charge in [0, 0.05) is 12.7 Å². The topological polar surface area (TPSA) is 74.7 Å². The van der Waals surface area contributed by atoms with Gasteiger partial charge < -0.3 is 11.1 Å². The Morgan fingerprint density at radius 3 is 2.94 bits per heavy atom. The number of nitriles is 1. The van der Waals surface area contributed by atoms with Gasteiger partial charge in [-0.1, -0.05) is 13.3 Å². The van der Waals surface area contributed by atoms with Crippen molar-refractivity contribution in [3.05, 3.63) is 17.8 Å². The molecule has 1 aromatic heterocycles. The lowest BCUT2D eigenvalue weighted by Gasteiger charge is -2.16. The van der Waals surface area contributed by atoms with Crippen LogP contribution in [0, 0.1) is 16.7 Å². The first-order chi connectivity index (χ1) is 8.21. The third-order valence-corrected chi connectivity index (χ3v) is 3.48. The van der Waals surface area contributed by atoms with Gasteiger partial charge in [-0.15, -0.1) is 0 Å². The van der Waals surface area contributed by atoms with Crippen LogP contribution in [0.2, 0.25) is 0 Å². The minimum Gasteiger partial charge on any atom is -0.395 e. The monoisotopic (exact) mass is 230 g/mol. The number of rotatable bonds is 5. The second-order valence-corrected chi connectivity index (χ2v) is 4.84. The predicted octanol–water partition coefficient (Wildman–Crippen LogP) is 2.53. The molecule has 0 radical (unpaired) electrons. The molecule has 90 valence electrons. The Labute approximate surface area is 102 Å². The second kappa shape index (κ2) is 4.62. The molecule has 17 heavy (non-hydrogen) atoms. The summed E-state index contributed by atoms with van der Waals surface area (Å²) >= 11 is 0. The predicted molar refractivity (Wildman–Crippen MR) is 68.4 cm³/mol. The van der Waals surface area contributed by atoms with E-state index in [0.29, 0.717) is 22.5 Å². The summed E-state index contributed by atoms with van der Waals surface area (Å²) < 4.78 is 0. The average molecular weight is 230 g/mol. The lowest BCUT2D eigenvalue weighted by molar-refractivity contribution is 0.485. The van der Waals surface area contributed by atoms with E-state index in [0.717, 1.165) is 6.54 Å². The minimum absolute atomic E-state index is 0.450. The minimum atomic E-state index is 0.450. The Kier molecular flexibility index (Phi) is 3.19. The highest BCUT2D eigenvalue weighted by molar-refractivity contribution is 5.68. The summed E-state index contributed by atoms with van der Waals surface area (Å²) in [4.78, 5) is 4.19. The van der Waals surface area contributed by atoms with Crippen LogP contribution in [0.5, 0.6) is 0 Å². The Morgan fingerprint density at radius 1 is 1.59 bits per heavy atom. The maximum Gasteiger partial charge on any atom is 0.150 e. The normalized spacial score (nSPS) is 16.2. The summed E-state index contributed by atoms with van der Waals surface area (Å²) in [7, 11) is 0. The quantitative estimate of drug-likeness (QED) is 0.815. The van der Waals surface area contributed by atoms with Crippen LogP contribution in [0.15, 0.2) is 12.3 Å². The van der Waals surface area contributed by atoms with Crippen molar-refractivity contribution < 1.29 is 0 Å². The molecule has 0 spiro atoms. The van der Waals surface area contributed by atoms with Gasteiger partial charge in [-0.25, -0.2) is 4.98 Å². The van der Waals surface area contributed by atoms with E-state index < -0.39 is 0 Å². The SMILES string of the molecule is CCCC1(CNc2nccc(C#N)c2N)CC1. The molecule has 0 atom stereocenters. The third kappa shape index (κ3) is 2.50. The number of nitrogens with two attached hydrogens (primary N) is 1. The van der Waals surface area contributed by atoms with Gasteiger partial charge in [-0.05, 0) is 30.7 Å². The maximum absolute atomic E-state index is 8.88. The van der Waals surface area contributed by atoms with E-state index in [9.17, 15) is 0 Å². The molecule has 1 saturated carbocycles. The van der Waals surface area contributed by atoms with Gasteiger partial charge in [0.1, 0.15) is 6.07 Å². The van der Waals surface area contributed by atoms with E-state index >= 15 is 0 Å². The highest BCUT2D eigenvalue weighted by Gasteiger charge is 2.41. The van der Waals surface area contributed by atoms with Crippen LogP contribution in [0.25, 0.3) is 0 Å². The van der Waals surface area contributed by atoms with Gasteiger partial charge in [-0.2, -0.15) is 5.26 Å². The number of hydrogen-bond donors (Lipinski definition) is 2. The number of nitrogens with zero attached hydrogens (tertiary/aromatic N) is 2. The first-order valence-corrected chi connectivity index (χ1v) is 6.09. The molecule has 1 fully saturated rings. The summed E-state index contributed by atoms with van der Waals surface area (Å²) in [6, 6.07) is 3.71. The molecule has 0 aliphatic heterocycles. The van der Waals surface area contributed by atoms with Crippen molar-refractivity contribution in [2.45, 2.75) is 32.6 Å². The number of aromatic nitrogens is 1. The van der Waals surface area contributed by atoms with E-state index in [2.05, 4.69) is 23.3 Å². The summed E-state index contributed by atoms with van der Waals surface area (Å²) in [5.41, 5.74) is 7.27. The molecule has 1 aliphatic rings. The summed E-state index contributed by atoms with van der Waals surface area (Å²) in [5.74, 6) is 0.645. The lowest BCUT2D eigenvalue weighted by atomic mass is 10.0. The van der Waals surface area contributed by atoms with E-state index in [-0.39, 0.29) is 0 Å². The summed E-state index contributed by atoms with van der Waals surface area (Å²) in [6.45, 7) is 3.12. The number of nitrogens with one attached hydrogen (secondary N) is 1. The molecular weight excluding hydrogens is 212 g/mol. The molecule has 0 bridgehead atoms. The van der Waals surface area contributed by atoms with Crippen LogP contribution in [0.4, 0.5) is 11.5 Å².